The van der Waals surface area contributed by atoms with Crippen molar-refractivity contribution >= 4 is 17.3 Å². The van der Waals surface area contributed by atoms with Crippen molar-refractivity contribution in [2.24, 2.45) is 5.73 Å². The van der Waals surface area contributed by atoms with Gasteiger partial charge in [-0.15, -0.1) is 0 Å². The molecule has 1 aliphatic rings. The lowest BCUT2D eigenvalue weighted by Crippen LogP contribution is -2.40. The van der Waals surface area contributed by atoms with E-state index in [-0.39, 0.29) is 0 Å². The van der Waals surface area contributed by atoms with Crippen molar-refractivity contribution in [1.82, 2.24) is 0 Å². The van der Waals surface area contributed by atoms with Gasteiger partial charge in [0.15, 0.2) is 0 Å². The molecular formula is C15H23ClN2O. The summed E-state index contributed by atoms with van der Waals surface area (Å²) in [7, 11) is 0. The SMILES string of the molecule is CCCOC1CCCN(c2c(Cl)cccc2CN)C1. The van der Waals surface area contributed by atoms with E-state index in [1.54, 1.807) is 0 Å². The lowest BCUT2D eigenvalue weighted by atomic mass is 10.0. The van der Waals surface area contributed by atoms with E-state index in [1.807, 2.05) is 12.1 Å². The van der Waals surface area contributed by atoms with Crippen LogP contribution in [0.15, 0.2) is 18.2 Å². The van der Waals surface area contributed by atoms with Crippen LogP contribution < -0.4 is 10.6 Å². The summed E-state index contributed by atoms with van der Waals surface area (Å²) in [6.07, 6.45) is 3.66. The molecule has 0 radical (unpaired) electrons. The van der Waals surface area contributed by atoms with Crippen LogP contribution in [-0.2, 0) is 11.3 Å². The van der Waals surface area contributed by atoms with Gasteiger partial charge in [0, 0.05) is 26.2 Å². The van der Waals surface area contributed by atoms with Crippen molar-refractivity contribution in [3.63, 3.8) is 0 Å². The summed E-state index contributed by atoms with van der Waals surface area (Å²) in [5, 5.41) is 0.791. The van der Waals surface area contributed by atoms with Crippen molar-refractivity contribution in [3.05, 3.63) is 28.8 Å². The number of anilines is 1. The van der Waals surface area contributed by atoms with Crippen LogP contribution in [-0.4, -0.2) is 25.8 Å². The second kappa shape index (κ2) is 7.13. The van der Waals surface area contributed by atoms with Crippen LogP contribution in [0.3, 0.4) is 0 Å². The van der Waals surface area contributed by atoms with Crippen molar-refractivity contribution in [3.8, 4) is 0 Å². The topological polar surface area (TPSA) is 38.5 Å². The Bertz CT molecular complexity index is 411. The molecule has 1 atom stereocenters. The molecule has 2 rings (SSSR count). The summed E-state index contributed by atoms with van der Waals surface area (Å²) in [5.74, 6) is 0. The number of piperidine rings is 1. The molecule has 1 aromatic rings. The van der Waals surface area contributed by atoms with Gasteiger partial charge in [0.1, 0.15) is 0 Å². The molecule has 19 heavy (non-hydrogen) atoms. The monoisotopic (exact) mass is 282 g/mol. The van der Waals surface area contributed by atoms with Gasteiger partial charge in [-0.1, -0.05) is 30.7 Å². The Morgan fingerprint density at radius 1 is 1.47 bits per heavy atom. The lowest BCUT2D eigenvalue weighted by molar-refractivity contribution is 0.0440. The Morgan fingerprint density at radius 2 is 2.32 bits per heavy atom. The van der Waals surface area contributed by atoms with Crippen LogP contribution in [0.2, 0.25) is 5.02 Å². The van der Waals surface area contributed by atoms with Gasteiger partial charge in [0.05, 0.1) is 16.8 Å². The van der Waals surface area contributed by atoms with E-state index in [1.165, 1.54) is 0 Å². The Balaban J connectivity index is 2.12. The van der Waals surface area contributed by atoms with Crippen molar-refractivity contribution in [2.75, 3.05) is 24.6 Å². The average Bonchev–Trinajstić information content (AvgIpc) is 2.45. The maximum atomic E-state index is 6.36. The summed E-state index contributed by atoms with van der Waals surface area (Å²) in [4.78, 5) is 2.33. The van der Waals surface area contributed by atoms with Gasteiger partial charge < -0.3 is 15.4 Å². The first-order chi connectivity index (χ1) is 9.26. The van der Waals surface area contributed by atoms with E-state index in [9.17, 15) is 0 Å². The van der Waals surface area contributed by atoms with E-state index in [4.69, 9.17) is 22.1 Å². The molecule has 1 unspecified atom stereocenters. The third-order valence-electron chi connectivity index (χ3n) is 3.54. The largest absolute Gasteiger partial charge is 0.376 e. The van der Waals surface area contributed by atoms with E-state index in [2.05, 4.69) is 17.9 Å². The number of benzene rings is 1. The van der Waals surface area contributed by atoms with Gasteiger partial charge >= 0.3 is 0 Å². The Labute approximate surface area is 120 Å². The number of hydrogen-bond donors (Lipinski definition) is 1. The van der Waals surface area contributed by atoms with Crippen LogP contribution in [0.5, 0.6) is 0 Å². The summed E-state index contributed by atoms with van der Waals surface area (Å²) >= 11 is 6.36. The van der Waals surface area contributed by atoms with Crippen molar-refractivity contribution in [1.29, 1.82) is 0 Å². The number of rotatable bonds is 5. The molecule has 0 aliphatic carbocycles. The summed E-state index contributed by atoms with van der Waals surface area (Å²) in [6.45, 7) is 5.44. The minimum Gasteiger partial charge on any atom is -0.376 e. The fourth-order valence-electron chi connectivity index (χ4n) is 2.64. The van der Waals surface area contributed by atoms with Gasteiger partial charge in [0.25, 0.3) is 0 Å². The average molecular weight is 283 g/mol. The fourth-order valence-corrected chi connectivity index (χ4v) is 2.95. The molecule has 1 fully saturated rings. The molecule has 4 heteroatoms. The molecule has 1 saturated heterocycles. The lowest BCUT2D eigenvalue weighted by Gasteiger charge is -2.35. The maximum absolute atomic E-state index is 6.36. The molecule has 0 saturated carbocycles. The normalized spacial score (nSPS) is 19.7. The molecule has 0 spiro atoms. The van der Waals surface area contributed by atoms with Crippen molar-refractivity contribution < 1.29 is 4.74 Å². The van der Waals surface area contributed by atoms with Crippen LogP contribution in [0, 0.1) is 0 Å². The number of nitrogens with zero attached hydrogens (tertiary/aromatic N) is 1. The highest BCUT2D eigenvalue weighted by molar-refractivity contribution is 6.33. The minimum absolute atomic E-state index is 0.315. The predicted molar refractivity (Wildman–Crippen MR) is 80.8 cm³/mol. The van der Waals surface area contributed by atoms with Gasteiger partial charge in [-0.3, -0.25) is 0 Å². The number of nitrogens with two attached hydrogens (primary N) is 1. The first-order valence-electron chi connectivity index (χ1n) is 7.10. The van der Waals surface area contributed by atoms with Gasteiger partial charge in [-0.2, -0.15) is 0 Å². The summed E-state index contributed by atoms with van der Waals surface area (Å²) in [6, 6.07) is 5.95. The molecule has 0 amide bonds. The fraction of sp³-hybridized carbons (Fsp3) is 0.600. The number of halogens is 1. The van der Waals surface area contributed by atoms with Crippen LogP contribution >= 0.6 is 11.6 Å². The van der Waals surface area contributed by atoms with Crippen LogP contribution in [0.25, 0.3) is 0 Å². The van der Waals surface area contributed by atoms with Gasteiger partial charge in [-0.05, 0) is 30.9 Å². The molecule has 0 bridgehead atoms. The maximum Gasteiger partial charge on any atom is 0.0750 e. The second-order valence-corrected chi connectivity index (χ2v) is 5.44. The first kappa shape index (κ1) is 14.6. The van der Waals surface area contributed by atoms with E-state index < -0.39 is 0 Å². The molecule has 3 nitrogen and oxygen atoms in total. The highest BCUT2D eigenvalue weighted by Crippen LogP contribution is 2.32. The van der Waals surface area contributed by atoms with E-state index in [0.717, 1.165) is 55.2 Å². The quantitative estimate of drug-likeness (QED) is 0.901. The molecule has 0 aromatic heterocycles. The third-order valence-corrected chi connectivity index (χ3v) is 3.85. The zero-order valence-corrected chi connectivity index (χ0v) is 12.3. The first-order valence-corrected chi connectivity index (χ1v) is 7.48. The Hall–Kier alpha value is -0.770. The number of hydrogen-bond acceptors (Lipinski definition) is 3. The molecule has 1 aromatic carbocycles. The van der Waals surface area contributed by atoms with Crippen LogP contribution in [0.1, 0.15) is 31.7 Å². The van der Waals surface area contributed by atoms with Gasteiger partial charge in [-0.25, -0.2) is 0 Å². The second-order valence-electron chi connectivity index (χ2n) is 5.03. The third kappa shape index (κ3) is 3.62. The van der Waals surface area contributed by atoms with E-state index >= 15 is 0 Å². The van der Waals surface area contributed by atoms with Gasteiger partial charge in [0.2, 0.25) is 0 Å². The highest BCUT2D eigenvalue weighted by Gasteiger charge is 2.23. The van der Waals surface area contributed by atoms with E-state index in [0.29, 0.717) is 12.6 Å². The summed E-state index contributed by atoms with van der Waals surface area (Å²) in [5.41, 5.74) is 8.03. The predicted octanol–water partition coefficient (Wildman–Crippen LogP) is 3.19. The van der Waals surface area contributed by atoms with Crippen LogP contribution in [0.4, 0.5) is 5.69 Å². The molecule has 1 heterocycles. The highest BCUT2D eigenvalue weighted by atomic mass is 35.5. The standard InChI is InChI=1S/C15H23ClN2O/c1-2-9-19-13-6-4-8-18(11-13)15-12(10-17)5-3-7-14(15)16/h3,5,7,13H,2,4,6,8-11,17H2,1H3. The smallest absolute Gasteiger partial charge is 0.0750 e. The molecule has 1 aliphatic heterocycles. The summed E-state index contributed by atoms with van der Waals surface area (Å²) < 4.78 is 5.88. The molecular weight excluding hydrogens is 260 g/mol. The zero-order chi connectivity index (χ0) is 13.7. The Morgan fingerprint density at radius 3 is 3.05 bits per heavy atom. The molecule has 106 valence electrons. The Kier molecular flexibility index (Phi) is 5.49. The number of ether oxygens (including phenoxy) is 1. The minimum atomic E-state index is 0.315. The number of para-hydroxylation sites is 1. The molecule has 2 N–H and O–H groups in total. The zero-order valence-electron chi connectivity index (χ0n) is 11.6. The van der Waals surface area contributed by atoms with Crippen molar-refractivity contribution in [2.45, 2.75) is 38.8 Å².